The van der Waals surface area contributed by atoms with Gasteiger partial charge in [-0.2, -0.15) is 11.8 Å². The molecule has 1 heterocycles. The topological polar surface area (TPSA) is 12.5 Å². The molecule has 0 amide bonds. The van der Waals surface area contributed by atoms with Crippen LogP contribution in [0.3, 0.4) is 0 Å². The van der Waals surface area contributed by atoms with Gasteiger partial charge in [-0.25, -0.2) is 0 Å². The molecule has 0 aromatic rings. The van der Waals surface area contributed by atoms with E-state index in [4.69, 9.17) is 4.74 Å². The Kier molecular flexibility index (Phi) is 1.76. The Labute approximate surface area is 84.6 Å². The maximum atomic E-state index is 5.81. The zero-order valence-electron chi connectivity index (χ0n) is 8.45. The molecule has 0 radical (unpaired) electrons. The average Bonchev–Trinajstić information content (AvgIpc) is 2.55. The van der Waals surface area contributed by atoms with Crippen LogP contribution in [0.2, 0.25) is 0 Å². The van der Waals surface area contributed by atoms with Gasteiger partial charge in [-0.1, -0.05) is 19.8 Å². The number of rotatable bonds is 4. The van der Waals surface area contributed by atoms with Crippen LogP contribution >= 0.6 is 11.8 Å². The van der Waals surface area contributed by atoms with Crippen LogP contribution in [0.25, 0.3) is 0 Å². The number of epoxide rings is 1. The first kappa shape index (κ1) is 8.60. The van der Waals surface area contributed by atoms with E-state index >= 15 is 0 Å². The number of fused-ring (bicyclic) bond motifs is 1. The summed E-state index contributed by atoms with van der Waals surface area (Å²) in [4.78, 5) is 0. The summed E-state index contributed by atoms with van der Waals surface area (Å²) < 4.78 is 5.81. The minimum absolute atomic E-state index is 0.405. The van der Waals surface area contributed by atoms with Gasteiger partial charge in [-0.3, -0.25) is 0 Å². The van der Waals surface area contributed by atoms with Crippen LogP contribution in [0.5, 0.6) is 0 Å². The van der Waals surface area contributed by atoms with Crippen LogP contribution in [0.1, 0.15) is 32.6 Å². The van der Waals surface area contributed by atoms with E-state index < -0.39 is 0 Å². The molecule has 1 spiro atoms. The van der Waals surface area contributed by atoms with Crippen LogP contribution in [-0.2, 0) is 4.74 Å². The van der Waals surface area contributed by atoms with E-state index in [1.54, 1.807) is 0 Å². The van der Waals surface area contributed by atoms with Crippen LogP contribution in [0.4, 0.5) is 0 Å². The third-order valence-corrected chi connectivity index (χ3v) is 5.48. The summed E-state index contributed by atoms with van der Waals surface area (Å²) in [5.74, 6) is 1.94. The van der Waals surface area contributed by atoms with Gasteiger partial charge in [0.25, 0.3) is 0 Å². The van der Waals surface area contributed by atoms with E-state index in [0.29, 0.717) is 11.7 Å². The Hall–Kier alpha value is 0.310. The van der Waals surface area contributed by atoms with Crippen molar-refractivity contribution in [2.24, 2.45) is 11.8 Å². The Morgan fingerprint density at radius 1 is 1.54 bits per heavy atom. The Morgan fingerprint density at radius 3 is 3.00 bits per heavy atom. The van der Waals surface area contributed by atoms with Crippen molar-refractivity contribution in [1.29, 1.82) is 0 Å². The van der Waals surface area contributed by atoms with E-state index in [9.17, 15) is 0 Å². The molecule has 0 N–H and O–H groups in total. The van der Waals surface area contributed by atoms with Crippen molar-refractivity contribution in [1.82, 2.24) is 0 Å². The predicted molar refractivity (Wildman–Crippen MR) is 56.0 cm³/mol. The molecule has 0 aromatic heterocycles. The fourth-order valence-electron chi connectivity index (χ4n) is 3.64. The number of hydrogen-bond acceptors (Lipinski definition) is 2. The van der Waals surface area contributed by atoms with E-state index in [-0.39, 0.29) is 0 Å². The molecule has 4 aliphatic rings. The third-order valence-electron chi connectivity index (χ3n) is 4.26. The van der Waals surface area contributed by atoms with Gasteiger partial charge in [0, 0.05) is 11.2 Å². The highest BCUT2D eigenvalue weighted by molar-refractivity contribution is 7.99. The molecule has 4 rings (SSSR count). The molecular formula is C11H18OS. The van der Waals surface area contributed by atoms with Crippen molar-refractivity contribution >= 4 is 11.8 Å². The van der Waals surface area contributed by atoms with Gasteiger partial charge < -0.3 is 4.74 Å². The van der Waals surface area contributed by atoms with Crippen molar-refractivity contribution < 1.29 is 4.74 Å². The van der Waals surface area contributed by atoms with E-state index in [1.165, 1.54) is 25.7 Å². The van der Waals surface area contributed by atoms with Crippen LogP contribution in [-0.4, -0.2) is 23.2 Å². The maximum Gasteiger partial charge on any atom is 0.108 e. The normalized spacial score (nSPS) is 55.8. The molecule has 4 fully saturated rings. The summed E-state index contributed by atoms with van der Waals surface area (Å²) in [7, 11) is 0. The molecule has 0 aromatic carbocycles. The molecule has 1 saturated heterocycles. The SMILES string of the molecule is CCCCC1CC23OC2C1C3SC. The zero-order chi connectivity index (χ0) is 9.05. The first-order valence-corrected chi connectivity index (χ1v) is 6.83. The average molecular weight is 198 g/mol. The first-order chi connectivity index (χ1) is 6.33. The van der Waals surface area contributed by atoms with E-state index in [1.807, 2.05) is 11.8 Å². The number of thioether (sulfide) groups is 1. The van der Waals surface area contributed by atoms with Crippen molar-refractivity contribution in [3.63, 3.8) is 0 Å². The molecule has 1 aliphatic heterocycles. The van der Waals surface area contributed by atoms with Crippen LogP contribution in [0.15, 0.2) is 0 Å². The lowest BCUT2D eigenvalue weighted by Gasteiger charge is -2.29. The van der Waals surface area contributed by atoms with Crippen LogP contribution in [0, 0.1) is 11.8 Å². The minimum Gasteiger partial charge on any atom is -0.364 e. The van der Waals surface area contributed by atoms with Gasteiger partial charge in [0.2, 0.25) is 0 Å². The Morgan fingerprint density at radius 2 is 2.38 bits per heavy atom. The van der Waals surface area contributed by atoms with Gasteiger partial charge >= 0.3 is 0 Å². The van der Waals surface area contributed by atoms with Gasteiger partial charge in [-0.15, -0.1) is 0 Å². The lowest BCUT2D eigenvalue weighted by molar-refractivity contribution is 0.255. The highest BCUT2D eigenvalue weighted by atomic mass is 32.2. The first-order valence-electron chi connectivity index (χ1n) is 5.54. The van der Waals surface area contributed by atoms with Crippen LogP contribution < -0.4 is 0 Å². The summed E-state index contributed by atoms with van der Waals surface area (Å²) in [5, 5.41) is 0.861. The molecule has 2 bridgehead atoms. The second-order valence-electron chi connectivity index (χ2n) is 4.83. The van der Waals surface area contributed by atoms with E-state index in [0.717, 1.165) is 17.1 Å². The zero-order valence-corrected chi connectivity index (χ0v) is 9.27. The monoisotopic (exact) mass is 198 g/mol. The second-order valence-corrected chi connectivity index (χ2v) is 5.81. The predicted octanol–water partition coefficient (Wildman–Crippen LogP) is 2.70. The molecule has 5 atom stereocenters. The molecule has 74 valence electrons. The molecule has 1 nitrogen and oxygen atoms in total. The lowest BCUT2D eigenvalue weighted by Crippen LogP contribution is -2.42. The Bertz CT molecular complexity index is 230. The molecule has 3 saturated carbocycles. The summed E-state index contributed by atoms with van der Waals surface area (Å²) in [6, 6.07) is 0. The number of hydrogen-bond donors (Lipinski definition) is 0. The summed E-state index contributed by atoms with van der Waals surface area (Å²) in [6.07, 6.45) is 8.57. The second kappa shape index (κ2) is 2.66. The minimum atomic E-state index is 0.405. The summed E-state index contributed by atoms with van der Waals surface area (Å²) in [6.45, 7) is 2.29. The smallest absolute Gasteiger partial charge is 0.108 e. The van der Waals surface area contributed by atoms with Gasteiger partial charge in [0.05, 0.1) is 6.10 Å². The van der Waals surface area contributed by atoms with Crippen molar-refractivity contribution in [3.05, 3.63) is 0 Å². The fraction of sp³-hybridized carbons (Fsp3) is 1.00. The highest BCUT2D eigenvalue weighted by Crippen LogP contribution is 2.73. The Balaban J connectivity index is 1.65. The largest absolute Gasteiger partial charge is 0.364 e. The van der Waals surface area contributed by atoms with Crippen molar-refractivity contribution in [2.75, 3.05) is 6.26 Å². The maximum absolute atomic E-state index is 5.81. The molecule has 3 aliphatic carbocycles. The van der Waals surface area contributed by atoms with Crippen molar-refractivity contribution in [3.8, 4) is 0 Å². The third kappa shape index (κ3) is 0.892. The van der Waals surface area contributed by atoms with Gasteiger partial charge in [0.15, 0.2) is 0 Å². The standard InChI is InChI=1S/C11H18OS/c1-3-4-5-7-6-11-9(12-11)8(7)10(11)13-2/h7-10H,3-6H2,1-2H3. The molecule has 5 unspecified atom stereocenters. The quantitative estimate of drug-likeness (QED) is 0.644. The summed E-state index contributed by atoms with van der Waals surface area (Å²) in [5.41, 5.74) is 0.405. The number of ether oxygens (including phenoxy) is 1. The van der Waals surface area contributed by atoms with Crippen molar-refractivity contribution in [2.45, 2.75) is 49.6 Å². The fourth-order valence-corrected chi connectivity index (χ4v) is 5.00. The van der Waals surface area contributed by atoms with Gasteiger partial charge in [0.1, 0.15) is 5.60 Å². The summed E-state index contributed by atoms with van der Waals surface area (Å²) >= 11 is 2.04. The number of unbranched alkanes of at least 4 members (excludes halogenated alkanes) is 1. The lowest BCUT2D eigenvalue weighted by atomic mass is 9.81. The van der Waals surface area contributed by atoms with Gasteiger partial charge in [-0.05, 0) is 25.0 Å². The highest BCUT2D eigenvalue weighted by Gasteiger charge is 2.82. The molecule has 2 heteroatoms. The molecule has 13 heavy (non-hydrogen) atoms. The molecular weight excluding hydrogens is 180 g/mol. The van der Waals surface area contributed by atoms with E-state index in [2.05, 4.69) is 13.2 Å².